The third-order valence-electron chi connectivity index (χ3n) is 4.62. The normalized spacial score (nSPS) is 15.7. The molecule has 1 atom stereocenters. The van der Waals surface area contributed by atoms with Crippen LogP contribution < -0.4 is 4.74 Å². The van der Waals surface area contributed by atoms with Gasteiger partial charge in [-0.1, -0.05) is 17.3 Å². The number of rotatable bonds is 9. The maximum absolute atomic E-state index is 5.48. The molecule has 0 amide bonds. The molecule has 0 saturated heterocycles. The van der Waals surface area contributed by atoms with Gasteiger partial charge in [-0.3, -0.25) is 4.90 Å². The van der Waals surface area contributed by atoms with Crippen molar-refractivity contribution in [2.24, 2.45) is 5.92 Å². The predicted octanol–water partition coefficient (Wildman–Crippen LogP) is 2.99. The van der Waals surface area contributed by atoms with Gasteiger partial charge in [-0.15, -0.1) is 0 Å². The summed E-state index contributed by atoms with van der Waals surface area (Å²) < 4.78 is 16.1. The molecule has 0 unspecified atom stereocenters. The smallest absolute Gasteiger partial charge is 0.241 e. The van der Waals surface area contributed by atoms with Crippen molar-refractivity contribution < 1.29 is 14.0 Å². The molecule has 6 nitrogen and oxygen atoms in total. The van der Waals surface area contributed by atoms with E-state index in [-0.39, 0.29) is 0 Å². The van der Waals surface area contributed by atoms with Crippen LogP contribution in [0, 0.1) is 5.92 Å². The molecule has 1 saturated carbocycles. The first-order valence-corrected chi connectivity index (χ1v) is 8.42. The zero-order valence-electron chi connectivity index (χ0n) is 14.6. The molecular weight excluding hydrogens is 306 g/mol. The summed E-state index contributed by atoms with van der Waals surface area (Å²) >= 11 is 0. The van der Waals surface area contributed by atoms with Crippen LogP contribution in [0.4, 0.5) is 0 Å². The Morgan fingerprint density at radius 1 is 1.29 bits per heavy atom. The number of methoxy groups -OCH3 is 2. The van der Waals surface area contributed by atoms with Gasteiger partial charge in [-0.25, -0.2) is 0 Å². The lowest BCUT2D eigenvalue weighted by Gasteiger charge is -2.27. The largest absolute Gasteiger partial charge is 0.496 e. The Labute approximate surface area is 142 Å². The summed E-state index contributed by atoms with van der Waals surface area (Å²) in [6.45, 7) is 4.47. The Kier molecular flexibility index (Phi) is 5.48. The van der Waals surface area contributed by atoms with Crippen molar-refractivity contribution in [2.75, 3.05) is 27.4 Å². The van der Waals surface area contributed by atoms with Crippen molar-refractivity contribution >= 4 is 0 Å². The molecule has 2 aromatic rings. The van der Waals surface area contributed by atoms with Gasteiger partial charge >= 0.3 is 0 Å². The van der Waals surface area contributed by atoms with Gasteiger partial charge < -0.3 is 14.0 Å². The topological polar surface area (TPSA) is 60.6 Å². The van der Waals surface area contributed by atoms with Gasteiger partial charge in [0.05, 0.1) is 25.8 Å². The number of aromatic nitrogens is 2. The first-order chi connectivity index (χ1) is 11.7. The number of ether oxygens (including phenoxy) is 2. The molecular formula is C18H25N3O3. The van der Waals surface area contributed by atoms with E-state index in [9.17, 15) is 0 Å². The molecule has 1 aromatic heterocycles. The van der Waals surface area contributed by atoms with Gasteiger partial charge in [0, 0.05) is 19.7 Å². The van der Waals surface area contributed by atoms with E-state index in [1.165, 1.54) is 12.8 Å². The second-order valence-corrected chi connectivity index (χ2v) is 6.25. The summed E-state index contributed by atoms with van der Waals surface area (Å²) in [7, 11) is 3.37. The lowest BCUT2D eigenvalue weighted by Crippen LogP contribution is -2.36. The molecule has 3 rings (SSSR count). The molecule has 1 fully saturated rings. The van der Waals surface area contributed by atoms with Crippen molar-refractivity contribution in [3.63, 3.8) is 0 Å². The van der Waals surface area contributed by atoms with Gasteiger partial charge in [0.2, 0.25) is 11.7 Å². The average molecular weight is 331 g/mol. The molecule has 6 heteroatoms. The highest BCUT2D eigenvalue weighted by atomic mass is 16.5. The molecule has 1 aromatic carbocycles. The number of hydrogen-bond acceptors (Lipinski definition) is 6. The van der Waals surface area contributed by atoms with E-state index in [1.807, 2.05) is 24.3 Å². The summed E-state index contributed by atoms with van der Waals surface area (Å²) in [4.78, 5) is 6.92. The summed E-state index contributed by atoms with van der Waals surface area (Å²) in [5.74, 6) is 2.71. The van der Waals surface area contributed by atoms with Crippen LogP contribution in [0.25, 0.3) is 11.4 Å². The third kappa shape index (κ3) is 3.94. The van der Waals surface area contributed by atoms with Crippen LogP contribution in [0.2, 0.25) is 0 Å². The maximum atomic E-state index is 5.48. The molecule has 1 heterocycles. The lowest BCUT2D eigenvalue weighted by atomic mass is 10.2. The fraction of sp³-hybridized carbons (Fsp3) is 0.556. The minimum atomic E-state index is 0.502. The summed E-state index contributed by atoms with van der Waals surface area (Å²) in [6.07, 6.45) is 2.61. The van der Waals surface area contributed by atoms with Crippen molar-refractivity contribution in [2.45, 2.75) is 32.4 Å². The van der Waals surface area contributed by atoms with E-state index in [2.05, 4.69) is 22.0 Å². The van der Waals surface area contributed by atoms with Crippen molar-refractivity contribution in [3.8, 4) is 17.1 Å². The summed E-state index contributed by atoms with van der Waals surface area (Å²) in [6, 6.07) is 8.19. The number of nitrogens with zero attached hydrogens (tertiary/aromatic N) is 3. The van der Waals surface area contributed by atoms with Crippen LogP contribution in [0.5, 0.6) is 5.75 Å². The molecule has 0 bridgehead atoms. The van der Waals surface area contributed by atoms with Crippen molar-refractivity contribution in [3.05, 3.63) is 30.2 Å². The van der Waals surface area contributed by atoms with E-state index >= 15 is 0 Å². The highest BCUT2D eigenvalue weighted by Gasteiger charge is 2.32. The SMILES string of the molecule is COCCN(Cc1nc(-c2ccccc2OC)no1)[C@H](C)C1CC1. The van der Waals surface area contributed by atoms with Gasteiger partial charge in [0.15, 0.2) is 0 Å². The van der Waals surface area contributed by atoms with Crippen molar-refractivity contribution in [1.29, 1.82) is 0 Å². The van der Waals surface area contributed by atoms with Crippen LogP contribution in [-0.4, -0.2) is 48.5 Å². The predicted molar refractivity (Wildman–Crippen MR) is 90.8 cm³/mol. The molecule has 0 radical (unpaired) electrons. The Morgan fingerprint density at radius 3 is 2.79 bits per heavy atom. The summed E-state index contributed by atoms with van der Waals surface area (Å²) in [5, 5.41) is 4.12. The minimum Gasteiger partial charge on any atom is -0.496 e. The van der Waals surface area contributed by atoms with Crippen molar-refractivity contribution in [1.82, 2.24) is 15.0 Å². The summed E-state index contributed by atoms with van der Waals surface area (Å²) in [5.41, 5.74) is 0.841. The second-order valence-electron chi connectivity index (χ2n) is 6.25. The molecule has 0 N–H and O–H groups in total. The Hall–Kier alpha value is -1.92. The number of para-hydroxylation sites is 1. The zero-order chi connectivity index (χ0) is 16.9. The van der Waals surface area contributed by atoms with Crippen LogP contribution in [0.3, 0.4) is 0 Å². The van der Waals surface area contributed by atoms with Crippen LogP contribution in [0.15, 0.2) is 28.8 Å². The fourth-order valence-electron chi connectivity index (χ4n) is 2.94. The first kappa shape index (κ1) is 16.9. The highest BCUT2D eigenvalue weighted by molar-refractivity contribution is 5.63. The van der Waals surface area contributed by atoms with Gasteiger partial charge in [0.25, 0.3) is 0 Å². The molecule has 1 aliphatic rings. The molecule has 1 aliphatic carbocycles. The highest BCUT2D eigenvalue weighted by Crippen LogP contribution is 2.35. The Morgan fingerprint density at radius 2 is 2.08 bits per heavy atom. The first-order valence-electron chi connectivity index (χ1n) is 8.42. The van der Waals surface area contributed by atoms with Crippen LogP contribution in [-0.2, 0) is 11.3 Å². The quantitative estimate of drug-likeness (QED) is 0.704. The molecule has 24 heavy (non-hydrogen) atoms. The van der Waals surface area contributed by atoms with E-state index in [4.69, 9.17) is 14.0 Å². The second kappa shape index (κ2) is 7.77. The Balaban J connectivity index is 1.73. The molecule has 0 aliphatic heterocycles. The number of benzene rings is 1. The third-order valence-corrected chi connectivity index (χ3v) is 4.62. The Bertz CT molecular complexity index is 654. The zero-order valence-corrected chi connectivity index (χ0v) is 14.6. The monoisotopic (exact) mass is 331 g/mol. The van der Waals surface area contributed by atoms with Crippen LogP contribution >= 0.6 is 0 Å². The average Bonchev–Trinajstić information content (AvgIpc) is 3.37. The lowest BCUT2D eigenvalue weighted by molar-refractivity contribution is 0.102. The van der Waals surface area contributed by atoms with Gasteiger partial charge in [-0.05, 0) is 37.8 Å². The molecule has 0 spiro atoms. The van der Waals surface area contributed by atoms with E-state index in [0.717, 1.165) is 23.8 Å². The van der Waals surface area contributed by atoms with E-state index < -0.39 is 0 Å². The minimum absolute atomic E-state index is 0.502. The fourth-order valence-corrected chi connectivity index (χ4v) is 2.94. The van der Waals surface area contributed by atoms with Crippen LogP contribution in [0.1, 0.15) is 25.7 Å². The standard InChI is InChI=1S/C18H25N3O3/c1-13(14-8-9-14)21(10-11-22-2)12-17-19-18(20-24-17)15-6-4-5-7-16(15)23-3/h4-7,13-14H,8-12H2,1-3H3/t13-/m1/s1. The number of hydrogen-bond donors (Lipinski definition) is 0. The van der Waals surface area contributed by atoms with Gasteiger partial charge in [0.1, 0.15) is 5.75 Å². The maximum Gasteiger partial charge on any atom is 0.241 e. The molecule has 130 valence electrons. The van der Waals surface area contributed by atoms with Gasteiger partial charge in [-0.2, -0.15) is 4.98 Å². The van der Waals surface area contributed by atoms with E-state index in [0.29, 0.717) is 30.9 Å². The van der Waals surface area contributed by atoms with E-state index in [1.54, 1.807) is 14.2 Å².